The van der Waals surface area contributed by atoms with E-state index < -0.39 is 25.3 Å². The minimum Gasteiger partial charge on any atom is -0.443 e. The molecule has 0 unspecified atom stereocenters. The van der Waals surface area contributed by atoms with Gasteiger partial charge >= 0.3 is 6.09 Å². The van der Waals surface area contributed by atoms with Crippen LogP contribution in [0.3, 0.4) is 0 Å². The lowest BCUT2D eigenvalue weighted by molar-refractivity contribution is 0.0582. The fourth-order valence-corrected chi connectivity index (χ4v) is 4.72. The van der Waals surface area contributed by atoms with Gasteiger partial charge in [0.25, 0.3) is 5.91 Å². The van der Waals surface area contributed by atoms with E-state index in [1.807, 2.05) is 77.3 Å². The third-order valence-corrected chi connectivity index (χ3v) is 7.59. The molecule has 0 spiro atoms. The van der Waals surface area contributed by atoms with Gasteiger partial charge in [0.2, 0.25) is 0 Å². The summed E-state index contributed by atoms with van der Waals surface area (Å²) in [5, 5.41) is 6.30. The molecular weight excluding hydrogens is 536 g/mol. The van der Waals surface area contributed by atoms with E-state index in [1.54, 1.807) is 17.3 Å². The molecule has 41 heavy (non-hydrogen) atoms. The summed E-state index contributed by atoms with van der Waals surface area (Å²) in [4.78, 5) is 37.0. The van der Waals surface area contributed by atoms with E-state index in [2.05, 4.69) is 35.3 Å². The van der Waals surface area contributed by atoms with Crippen molar-refractivity contribution >= 4 is 48.4 Å². The molecule has 0 aliphatic heterocycles. The standard InChI is InChI=1S/C30H46N6O4Si/c1-11-36(28(38)40-30(5,6)7)22-14-12-13-21(17-22)32-24-18-31-26-25(33-24)23(27(37)34-29(2,3)4)19-35(26)20-39-15-16-41(8,9)10/h12-14,17-19H,11,15-16,20H2,1-10H3,(H,32,33)(H,34,37). The number of amides is 2. The summed E-state index contributed by atoms with van der Waals surface area (Å²) in [6, 6.07) is 8.48. The van der Waals surface area contributed by atoms with Gasteiger partial charge < -0.3 is 24.7 Å². The summed E-state index contributed by atoms with van der Waals surface area (Å²) in [5.74, 6) is 0.241. The van der Waals surface area contributed by atoms with Crippen molar-refractivity contribution in [1.82, 2.24) is 19.9 Å². The molecule has 0 fully saturated rings. The van der Waals surface area contributed by atoms with Crippen LogP contribution in [0.2, 0.25) is 25.7 Å². The zero-order valence-corrected chi connectivity index (χ0v) is 27.2. The Kier molecular flexibility index (Phi) is 9.86. The fourth-order valence-electron chi connectivity index (χ4n) is 3.96. The molecule has 2 aromatic heterocycles. The van der Waals surface area contributed by atoms with E-state index in [0.29, 0.717) is 47.1 Å². The van der Waals surface area contributed by atoms with Crippen molar-refractivity contribution in [2.24, 2.45) is 0 Å². The van der Waals surface area contributed by atoms with E-state index in [-0.39, 0.29) is 12.6 Å². The second-order valence-electron chi connectivity index (χ2n) is 13.4. The van der Waals surface area contributed by atoms with E-state index >= 15 is 0 Å². The maximum atomic E-state index is 13.2. The molecule has 0 saturated heterocycles. The Hall–Kier alpha value is -3.44. The first-order valence-electron chi connectivity index (χ1n) is 14.1. The summed E-state index contributed by atoms with van der Waals surface area (Å²) in [6.45, 7) is 21.5. The molecule has 0 radical (unpaired) electrons. The largest absolute Gasteiger partial charge is 0.443 e. The van der Waals surface area contributed by atoms with Crippen molar-refractivity contribution in [1.29, 1.82) is 0 Å². The Morgan fingerprint density at radius 2 is 1.80 bits per heavy atom. The smallest absolute Gasteiger partial charge is 0.414 e. The molecule has 1 aromatic carbocycles. The van der Waals surface area contributed by atoms with E-state index in [9.17, 15) is 9.59 Å². The Morgan fingerprint density at radius 3 is 2.41 bits per heavy atom. The average molecular weight is 583 g/mol. The molecule has 2 amide bonds. The highest BCUT2D eigenvalue weighted by Crippen LogP contribution is 2.26. The number of nitrogens with one attached hydrogen (secondary N) is 2. The van der Waals surface area contributed by atoms with Gasteiger partial charge in [-0.05, 0) is 72.7 Å². The van der Waals surface area contributed by atoms with E-state index in [0.717, 1.165) is 6.04 Å². The van der Waals surface area contributed by atoms with Crippen molar-refractivity contribution in [3.8, 4) is 0 Å². The minimum atomic E-state index is -1.23. The number of benzene rings is 1. The SMILES string of the molecule is CCN(C(=O)OC(C)(C)C)c1cccc(Nc2cnc3c(n2)c(C(=O)NC(C)(C)C)cn3COCC[Si](C)(C)C)c1. The number of carbonyl (C=O) groups is 2. The van der Waals surface area contributed by atoms with Crippen LogP contribution >= 0.6 is 0 Å². The van der Waals surface area contributed by atoms with Crippen LogP contribution in [-0.4, -0.2) is 58.9 Å². The minimum absolute atomic E-state index is 0.229. The van der Waals surface area contributed by atoms with Crippen molar-refractivity contribution in [2.75, 3.05) is 23.4 Å². The van der Waals surface area contributed by atoms with E-state index in [4.69, 9.17) is 14.5 Å². The van der Waals surface area contributed by atoms with Crippen molar-refractivity contribution in [2.45, 2.75) is 92.0 Å². The Bertz CT molecular complexity index is 1370. The molecule has 2 heterocycles. The predicted molar refractivity (Wildman–Crippen MR) is 168 cm³/mol. The van der Waals surface area contributed by atoms with Gasteiger partial charge in [0.05, 0.1) is 11.8 Å². The highest BCUT2D eigenvalue weighted by atomic mass is 28.3. The normalized spacial score (nSPS) is 12.3. The summed E-state index contributed by atoms with van der Waals surface area (Å²) in [6.07, 6.45) is 2.97. The number of hydrogen-bond acceptors (Lipinski definition) is 7. The lowest BCUT2D eigenvalue weighted by Crippen LogP contribution is -2.40. The number of nitrogens with zero attached hydrogens (tertiary/aromatic N) is 4. The molecule has 10 nitrogen and oxygen atoms in total. The number of rotatable bonds is 10. The Balaban J connectivity index is 1.90. The predicted octanol–water partition coefficient (Wildman–Crippen LogP) is 6.78. The molecule has 11 heteroatoms. The van der Waals surface area contributed by atoms with Gasteiger partial charge in [-0.1, -0.05) is 25.7 Å². The van der Waals surface area contributed by atoms with Crippen LogP contribution in [0, 0.1) is 0 Å². The van der Waals surface area contributed by atoms with Crippen LogP contribution in [0.15, 0.2) is 36.7 Å². The molecule has 224 valence electrons. The number of ether oxygens (including phenoxy) is 2. The first-order valence-corrected chi connectivity index (χ1v) is 17.8. The van der Waals surface area contributed by atoms with Gasteiger partial charge in [-0.3, -0.25) is 9.69 Å². The summed E-state index contributed by atoms with van der Waals surface area (Å²) in [7, 11) is -1.23. The number of anilines is 3. The molecular formula is C30H46N6O4Si. The molecule has 0 aliphatic rings. The lowest BCUT2D eigenvalue weighted by atomic mass is 10.1. The van der Waals surface area contributed by atoms with Crippen molar-refractivity contribution in [3.63, 3.8) is 0 Å². The van der Waals surface area contributed by atoms with Crippen LogP contribution in [0.1, 0.15) is 58.8 Å². The Morgan fingerprint density at radius 1 is 1.10 bits per heavy atom. The van der Waals surface area contributed by atoms with Gasteiger partial charge in [-0.25, -0.2) is 14.8 Å². The first kappa shape index (κ1) is 32.1. The van der Waals surface area contributed by atoms with Gasteiger partial charge in [0, 0.05) is 44.3 Å². The van der Waals surface area contributed by atoms with Gasteiger partial charge in [-0.15, -0.1) is 0 Å². The molecule has 0 atom stereocenters. The number of fused-ring (bicyclic) bond motifs is 1. The molecule has 2 N–H and O–H groups in total. The molecule has 0 aliphatic carbocycles. The van der Waals surface area contributed by atoms with E-state index in [1.165, 1.54) is 0 Å². The van der Waals surface area contributed by atoms with Gasteiger partial charge in [0.15, 0.2) is 5.65 Å². The number of hydrogen-bond donors (Lipinski definition) is 2. The fraction of sp³-hybridized carbons (Fsp3) is 0.533. The average Bonchev–Trinajstić information content (AvgIpc) is 3.18. The molecule has 3 rings (SSSR count). The summed E-state index contributed by atoms with van der Waals surface area (Å²) < 4.78 is 13.4. The van der Waals surface area contributed by atoms with Crippen LogP contribution in [0.5, 0.6) is 0 Å². The first-order chi connectivity index (χ1) is 19.0. The third kappa shape index (κ3) is 9.57. The van der Waals surface area contributed by atoms with Crippen molar-refractivity contribution < 1.29 is 19.1 Å². The van der Waals surface area contributed by atoms with Gasteiger partial charge in [-0.2, -0.15) is 0 Å². The third-order valence-electron chi connectivity index (χ3n) is 5.89. The van der Waals surface area contributed by atoms with Crippen LogP contribution < -0.4 is 15.5 Å². The van der Waals surface area contributed by atoms with Crippen LogP contribution in [-0.2, 0) is 16.2 Å². The summed E-state index contributed by atoms with van der Waals surface area (Å²) >= 11 is 0. The van der Waals surface area contributed by atoms with Crippen molar-refractivity contribution in [3.05, 3.63) is 42.2 Å². The summed E-state index contributed by atoms with van der Waals surface area (Å²) in [5.41, 5.74) is 1.86. The van der Waals surface area contributed by atoms with Gasteiger partial charge in [0.1, 0.15) is 23.7 Å². The zero-order valence-electron chi connectivity index (χ0n) is 26.2. The maximum Gasteiger partial charge on any atom is 0.414 e. The Labute approximate surface area is 244 Å². The topological polar surface area (TPSA) is 111 Å². The zero-order chi connectivity index (χ0) is 30.6. The highest BCUT2D eigenvalue weighted by molar-refractivity contribution is 6.76. The quantitative estimate of drug-likeness (QED) is 0.200. The number of aromatic nitrogens is 3. The molecule has 3 aromatic rings. The molecule has 0 saturated carbocycles. The second-order valence-corrected chi connectivity index (χ2v) is 19.0. The van der Waals surface area contributed by atoms with Crippen LogP contribution in [0.25, 0.3) is 11.2 Å². The van der Waals surface area contributed by atoms with Crippen LogP contribution in [0.4, 0.5) is 22.0 Å². The molecule has 0 bridgehead atoms. The highest BCUT2D eigenvalue weighted by Gasteiger charge is 2.24. The second kappa shape index (κ2) is 12.6. The number of carbonyl (C=O) groups excluding carboxylic acids is 2. The monoisotopic (exact) mass is 582 g/mol. The lowest BCUT2D eigenvalue weighted by Gasteiger charge is -2.26. The maximum absolute atomic E-state index is 13.2.